The summed E-state index contributed by atoms with van der Waals surface area (Å²) in [7, 11) is 2.07. The van der Waals surface area contributed by atoms with Crippen LogP contribution < -0.4 is 5.32 Å². The van der Waals surface area contributed by atoms with E-state index in [2.05, 4.69) is 49.3 Å². The molecule has 18 heavy (non-hydrogen) atoms. The van der Waals surface area contributed by atoms with Gasteiger partial charge in [-0.05, 0) is 45.8 Å². The average molecular weight is 269 g/mol. The highest BCUT2D eigenvalue weighted by Gasteiger charge is 2.18. The van der Waals surface area contributed by atoms with Gasteiger partial charge in [-0.15, -0.1) is 12.4 Å². The maximum Gasteiger partial charge on any atom is 0.0234 e. The van der Waals surface area contributed by atoms with Crippen molar-refractivity contribution < 1.29 is 0 Å². The Labute approximate surface area is 117 Å². The van der Waals surface area contributed by atoms with Crippen molar-refractivity contribution in [2.24, 2.45) is 0 Å². The van der Waals surface area contributed by atoms with Gasteiger partial charge in [0.2, 0.25) is 0 Å². The third-order valence-corrected chi connectivity index (χ3v) is 3.60. The van der Waals surface area contributed by atoms with Crippen molar-refractivity contribution in [1.82, 2.24) is 10.2 Å². The fraction of sp³-hybridized carbons (Fsp3) is 0.600. The van der Waals surface area contributed by atoms with Crippen molar-refractivity contribution in [3.63, 3.8) is 0 Å². The molecule has 1 N–H and O–H groups in total. The summed E-state index contributed by atoms with van der Waals surface area (Å²) in [5, 5.41) is 3.40. The van der Waals surface area contributed by atoms with Crippen molar-refractivity contribution >= 4 is 12.4 Å². The molecule has 0 amide bonds. The molecule has 1 fully saturated rings. The van der Waals surface area contributed by atoms with Gasteiger partial charge in [-0.25, -0.2) is 0 Å². The van der Waals surface area contributed by atoms with E-state index in [1.807, 2.05) is 0 Å². The highest BCUT2D eigenvalue weighted by molar-refractivity contribution is 5.85. The number of nitrogens with zero attached hydrogens (tertiary/aromatic N) is 1. The van der Waals surface area contributed by atoms with Crippen molar-refractivity contribution in [2.45, 2.75) is 39.3 Å². The molecule has 102 valence electrons. The summed E-state index contributed by atoms with van der Waals surface area (Å²) in [6.45, 7) is 7.89. The standard InChI is InChI=1S/C15H24N2.ClH/c1-12-7-13(2)9-14(8-12)10-17-6-4-5-15(11-17)16-3;/h7-9,15-16H,4-6,10-11H2,1-3H3;1H. The van der Waals surface area contributed by atoms with E-state index < -0.39 is 0 Å². The Bertz CT molecular complexity index is 359. The fourth-order valence-corrected chi connectivity index (χ4v) is 2.85. The normalized spacial score (nSPS) is 20.5. The Kier molecular flexibility index (Phi) is 6.13. The second-order valence-electron chi connectivity index (χ2n) is 5.36. The van der Waals surface area contributed by atoms with E-state index in [0.717, 1.165) is 6.54 Å². The summed E-state index contributed by atoms with van der Waals surface area (Å²) in [6, 6.07) is 7.55. The van der Waals surface area contributed by atoms with E-state index in [4.69, 9.17) is 0 Å². The lowest BCUT2D eigenvalue weighted by Crippen LogP contribution is -2.43. The molecule has 2 rings (SSSR count). The molecule has 0 aromatic heterocycles. The van der Waals surface area contributed by atoms with Crippen LogP contribution in [0.4, 0.5) is 0 Å². The summed E-state index contributed by atoms with van der Waals surface area (Å²) < 4.78 is 0. The Balaban J connectivity index is 0.00000162. The van der Waals surface area contributed by atoms with Gasteiger partial charge in [0.15, 0.2) is 0 Å². The van der Waals surface area contributed by atoms with Crippen molar-refractivity contribution in [2.75, 3.05) is 20.1 Å². The first-order valence-corrected chi connectivity index (χ1v) is 6.64. The molecule has 0 bridgehead atoms. The number of rotatable bonds is 3. The van der Waals surface area contributed by atoms with Crippen LogP contribution >= 0.6 is 12.4 Å². The second kappa shape index (κ2) is 7.13. The number of halogens is 1. The number of likely N-dealkylation sites (N-methyl/N-ethyl adjacent to an activating group) is 1. The fourth-order valence-electron chi connectivity index (χ4n) is 2.85. The van der Waals surface area contributed by atoms with E-state index >= 15 is 0 Å². The number of hydrogen-bond donors (Lipinski definition) is 1. The van der Waals surface area contributed by atoms with Crippen LogP contribution in [0.1, 0.15) is 29.5 Å². The average Bonchev–Trinajstić information content (AvgIpc) is 2.28. The zero-order valence-electron chi connectivity index (χ0n) is 11.7. The van der Waals surface area contributed by atoms with Crippen molar-refractivity contribution in [3.8, 4) is 0 Å². The van der Waals surface area contributed by atoms with Crippen LogP contribution in [0.25, 0.3) is 0 Å². The lowest BCUT2D eigenvalue weighted by molar-refractivity contribution is 0.188. The summed E-state index contributed by atoms with van der Waals surface area (Å²) >= 11 is 0. The molecule has 0 saturated carbocycles. The Morgan fingerprint density at radius 2 is 1.89 bits per heavy atom. The van der Waals surface area contributed by atoms with Gasteiger partial charge in [-0.3, -0.25) is 4.90 Å². The first-order valence-electron chi connectivity index (χ1n) is 6.64. The third-order valence-electron chi connectivity index (χ3n) is 3.60. The van der Waals surface area contributed by atoms with Crippen LogP contribution in [0.3, 0.4) is 0 Å². The predicted octanol–water partition coefficient (Wildman–Crippen LogP) is 2.91. The molecule has 1 unspecified atom stereocenters. The Hall–Kier alpha value is -0.570. The van der Waals surface area contributed by atoms with Gasteiger partial charge in [0, 0.05) is 19.1 Å². The Morgan fingerprint density at radius 3 is 2.50 bits per heavy atom. The summed E-state index contributed by atoms with van der Waals surface area (Å²) in [4.78, 5) is 2.57. The number of aryl methyl sites for hydroxylation is 2. The molecule has 3 heteroatoms. The summed E-state index contributed by atoms with van der Waals surface area (Å²) in [6.07, 6.45) is 2.64. The van der Waals surface area contributed by atoms with Gasteiger partial charge in [-0.1, -0.05) is 29.3 Å². The molecule has 1 atom stereocenters. The van der Waals surface area contributed by atoms with Gasteiger partial charge in [0.1, 0.15) is 0 Å². The SMILES string of the molecule is CNC1CCCN(Cc2cc(C)cc(C)c2)C1.Cl. The molecular formula is C15H25ClN2. The quantitative estimate of drug-likeness (QED) is 0.907. The van der Waals surface area contributed by atoms with Crippen molar-refractivity contribution in [3.05, 3.63) is 34.9 Å². The molecular weight excluding hydrogens is 244 g/mol. The molecule has 1 saturated heterocycles. The van der Waals surface area contributed by atoms with Gasteiger partial charge in [0.05, 0.1) is 0 Å². The number of benzene rings is 1. The van der Waals surface area contributed by atoms with E-state index in [0.29, 0.717) is 6.04 Å². The van der Waals surface area contributed by atoms with Crippen LogP contribution in [0.2, 0.25) is 0 Å². The zero-order valence-corrected chi connectivity index (χ0v) is 12.5. The molecule has 1 heterocycles. The van der Waals surface area contributed by atoms with E-state index in [1.54, 1.807) is 0 Å². The molecule has 1 aromatic rings. The molecule has 0 spiro atoms. The van der Waals surface area contributed by atoms with E-state index in [-0.39, 0.29) is 12.4 Å². The van der Waals surface area contributed by atoms with Crippen LogP contribution in [0.15, 0.2) is 18.2 Å². The third kappa shape index (κ3) is 4.27. The van der Waals surface area contributed by atoms with Crippen LogP contribution in [0, 0.1) is 13.8 Å². The molecule has 1 aliphatic rings. The maximum absolute atomic E-state index is 3.40. The summed E-state index contributed by atoms with van der Waals surface area (Å²) in [5.41, 5.74) is 4.21. The van der Waals surface area contributed by atoms with Crippen LogP contribution in [-0.2, 0) is 6.54 Å². The smallest absolute Gasteiger partial charge is 0.0234 e. The molecule has 0 aliphatic carbocycles. The monoisotopic (exact) mass is 268 g/mol. The minimum atomic E-state index is 0. The predicted molar refractivity (Wildman–Crippen MR) is 80.5 cm³/mol. The number of nitrogens with one attached hydrogen (secondary N) is 1. The molecule has 0 radical (unpaired) electrons. The van der Waals surface area contributed by atoms with Crippen molar-refractivity contribution in [1.29, 1.82) is 0 Å². The van der Waals surface area contributed by atoms with Crippen LogP contribution in [0.5, 0.6) is 0 Å². The molecule has 1 aromatic carbocycles. The van der Waals surface area contributed by atoms with E-state index in [1.165, 1.54) is 42.6 Å². The lowest BCUT2D eigenvalue weighted by Gasteiger charge is -2.32. The van der Waals surface area contributed by atoms with Gasteiger partial charge < -0.3 is 5.32 Å². The van der Waals surface area contributed by atoms with E-state index in [9.17, 15) is 0 Å². The van der Waals surface area contributed by atoms with Crippen LogP contribution in [-0.4, -0.2) is 31.1 Å². The maximum atomic E-state index is 3.40. The molecule has 2 nitrogen and oxygen atoms in total. The Morgan fingerprint density at radius 1 is 1.22 bits per heavy atom. The van der Waals surface area contributed by atoms with Gasteiger partial charge >= 0.3 is 0 Å². The highest BCUT2D eigenvalue weighted by Crippen LogP contribution is 2.15. The number of hydrogen-bond acceptors (Lipinski definition) is 2. The minimum absolute atomic E-state index is 0. The topological polar surface area (TPSA) is 15.3 Å². The summed E-state index contributed by atoms with van der Waals surface area (Å²) in [5.74, 6) is 0. The highest BCUT2D eigenvalue weighted by atomic mass is 35.5. The molecule has 1 aliphatic heterocycles. The second-order valence-corrected chi connectivity index (χ2v) is 5.36. The first kappa shape index (κ1) is 15.5. The number of likely N-dealkylation sites (tertiary alicyclic amines) is 1. The lowest BCUT2D eigenvalue weighted by atomic mass is 10.0. The zero-order chi connectivity index (χ0) is 12.3. The largest absolute Gasteiger partial charge is 0.316 e. The first-order chi connectivity index (χ1) is 8.17. The van der Waals surface area contributed by atoms with Gasteiger partial charge in [0.25, 0.3) is 0 Å². The van der Waals surface area contributed by atoms with Gasteiger partial charge in [-0.2, -0.15) is 0 Å². The number of piperidine rings is 1. The minimum Gasteiger partial charge on any atom is -0.316 e.